The molecule has 1 aliphatic carbocycles. The third-order valence-electron chi connectivity index (χ3n) is 8.31. The number of carbonyl (C=O) groups excluding carboxylic acids is 1. The van der Waals surface area contributed by atoms with E-state index in [0.29, 0.717) is 52.8 Å². The van der Waals surface area contributed by atoms with Crippen LogP contribution in [0.15, 0.2) is 66.8 Å². The van der Waals surface area contributed by atoms with Crippen molar-refractivity contribution in [3.05, 3.63) is 83.4 Å². The lowest BCUT2D eigenvalue weighted by Crippen LogP contribution is -2.63. The molecule has 2 aromatic heterocycles. The van der Waals surface area contributed by atoms with Gasteiger partial charge < -0.3 is 21.8 Å². The Balaban J connectivity index is 1.49. The topological polar surface area (TPSA) is 168 Å². The molecule has 2 aliphatic rings. The number of pyridine rings is 2. The number of benzene rings is 2. The number of nitrogens with zero attached hydrogens (tertiary/aromatic N) is 5. The summed E-state index contributed by atoms with van der Waals surface area (Å²) in [6.45, 7) is 6.95. The van der Waals surface area contributed by atoms with Crippen molar-refractivity contribution in [3.8, 4) is 12.1 Å². The Morgan fingerprint density at radius 1 is 1.11 bits per heavy atom. The monoisotopic (exact) mass is 586 g/mol. The molecule has 44 heavy (non-hydrogen) atoms. The number of hydrazine groups is 2. The predicted octanol–water partition coefficient (Wildman–Crippen LogP) is 4.71. The average molecular weight is 587 g/mol. The molecule has 11 nitrogen and oxygen atoms in total. The van der Waals surface area contributed by atoms with Gasteiger partial charge in [-0.25, -0.2) is 0 Å². The van der Waals surface area contributed by atoms with Gasteiger partial charge in [0.15, 0.2) is 0 Å². The van der Waals surface area contributed by atoms with Gasteiger partial charge in [-0.1, -0.05) is 39.0 Å². The van der Waals surface area contributed by atoms with Crippen LogP contribution in [0.2, 0.25) is 0 Å². The first-order chi connectivity index (χ1) is 21.1. The molecule has 222 valence electrons. The van der Waals surface area contributed by atoms with Crippen molar-refractivity contribution in [2.45, 2.75) is 51.6 Å². The second-order valence-corrected chi connectivity index (χ2v) is 12.5. The van der Waals surface area contributed by atoms with Gasteiger partial charge in [0.05, 0.1) is 39.6 Å². The molecule has 6 rings (SSSR count). The zero-order valence-electron chi connectivity index (χ0n) is 24.9. The van der Waals surface area contributed by atoms with E-state index in [0.717, 1.165) is 28.6 Å². The van der Waals surface area contributed by atoms with Crippen molar-refractivity contribution < 1.29 is 4.79 Å². The number of nitriles is 2. The number of carbonyl (C=O) groups is 1. The summed E-state index contributed by atoms with van der Waals surface area (Å²) in [7, 11) is 0. The molecular formula is C33H34N10O. The Bertz CT molecular complexity index is 1890. The van der Waals surface area contributed by atoms with Gasteiger partial charge in [0, 0.05) is 41.6 Å². The lowest BCUT2D eigenvalue weighted by atomic mass is 9.75. The van der Waals surface area contributed by atoms with Crippen LogP contribution in [0.4, 0.5) is 11.4 Å². The average Bonchev–Trinajstić information content (AvgIpc) is 3.46. The fraction of sp³-hybridized carbons (Fsp3) is 0.303. The normalized spacial score (nSPS) is 16.3. The van der Waals surface area contributed by atoms with E-state index in [-0.39, 0.29) is 11.3 Å². The predicted molar refractivity (Wildman–Crippen MR) is 169 cm³/mol. The Kier molecular flexibility index (Phi) is 7.20. The molecule has 1 aliphatic heterocycles. The zero-order valence-corrected chi connectivity index (χ0v) is 24.9. The molecule has 0 unspecified atom stereocenters. The number of rotatable bonds is 8. The quantitative estimate of drug-likeness (QED) is 0.195. The standard InChI is InChI=1S/C33H34N10O/c1-32(2,3)19-39-29-21(16-35)17-38-28-20(15-34)13-22(14-25(28)29)40-30(24-7-4-9-26-23(24)8-5-12-37-26)27-18-43(42-41-27)33(31(36)44)10-6-11-33/h4-5,7-9,12-14,17-18,30,40-42H,6,10-11,19H2,1-3H3,(H2,36,44)(H,38,39)/t30-/m0/s1. The van der Waals surface area contributed by atoms with Gasteiger partial charge in [-0.15, -0.1) is 5.53 Å². The second kappa shape index (κ2) is 11.0. The van der Waals surface area contributed by atoms with Crippen LogP contribution in [-0.2, 0) is 4.79 Å². The highest BCUT2D eigenvalue weighted by atomic mass is 16.2. The van der Waals surface area contributed by atoms with Crippen LogP contribution in [-0.4, -0.2) is 33.0 Å². The zero-order chi connectivity index (χ0) is 31.1. The van der Waals surface area contributed by atoms with Crippen molar-refractivity contribution in [2.24, 2.45) is 11.1 Å². The highest BCUT2D eigenvalue weighted by Crippen LogP contribution is 2.40. The van der Waals surface area contributed by atoms with Crippen molar-refractivity contribution in [2.75, 3.05) is 17.2 Å². The molecule has 6 N–H and O–H groups in total. The molecule has 1 amide bonds. The Labute approximate surface area is 255 Å². The van der Waals surface area contributed by atoms with Gasteiger partial charge >= 0.3 is 0 Å². The van der Waals surface area contributed by atoms with Crippen molar-refractivity contribution >= 4 is 39.1 Å². The second-order valence-electron chi connectivity index (χ2n) is 12.5. The van der Waals surface area contributed by atoms with E-state index >= 15 is 0 Å². The lowest BCUT2D eigenvalue weighted by molar-refractivity contribution is -0.136. The summed E-state index contributed by atoms with van der Waals surface area (Å²) in [6, 6.07) is 17.6. The summed E-state index contributed by atoms with van der Waals surface area (Å²) < 4.78 is 0. The van der Waals surface area contributed by atoms with E-state index < -0.39 is 11.6 Å². The van der Waals surface area contributed by atoms with Crippen LogP contribution in [0.3, 0.4) is 0 Å². The molecule has 1 fully saturated rings. The van der Waals surface area contributed by atoms with E-state index in [2.05, 4.69) is 64.5 Å². The highest BCUT2D eigenvalue weighted by Gasteiger charge is 2.49. The minimum Gasteiger partial charge on any atom is -0.383 e. The minimum atomic E-state index is -0.802. The van der Waals surface area contributed by atoms with Gasteiger partial charge in [-0.2, -0.15) is 10.5 Å². The van der Waals surface area contributed by atoms with Gasteiger partial charge in [-0.3, -0.25) is 19.8 Å². The van der Waals surface area contributed by atoms with Gasteiger partial charge in [-0.05, 0) is 54.5 Å². The molecule has 11 heteroatoms. The highest BCUT2D eigenvalue weighted by molar-refractivity contribution is 5.99. The molecule has 0 saturated heterocycles. The Hall–Kier alpha value is -5.39. The summed E-state index contributed by atoms with van der Waals surface area (Å²) in [6.07, 6.45) is 7.38. The number of fused-ring (bicyclic) bond motifs is 2. The molecule has 4 aromatic rings. The maximum absolute atomic E-state index is 12.5. The number of hydrogen-bond donors (Lipinski definition) is 5. The lowest BCUT2D eigenvalue weighted by Gasteiger charge is -2.44. The largest absolute Gasteiger partial charge is 0.383 e. The summed E-state index contributed by atoms with van der Waals surface area (Å²) in [4.78, 5) is 21.5. The van der Waals surface area contributed by atoms with Gasteiger partial charge in [0.1, 0.15) is 17.7 Å². The molecule has 2 aromatic carbocycles. The number of hydrogen-bond acceptors (Lipinski definition) is 10. The van der Waals surface area contributed by atoms with Crippen LogP contribution in [0.5, 0.6) is 0 Å². The molecular weight excluding hydrogens is 552 g/mol. The van der Waals surface area contributed by atoms with Crippen molar-refractivity contribution in [1.29, 1.82) is 10.5 Å². The number of primary amides is 1. The first kappa shape index (κ1) is 28.7. The molecule has 0 bridgehead atoms. The summed E-state index contributed by atoms with van der Waals surface area (Å²) in [5.41, 5.74) is 16.5. The number of aromatic nitrogens is 2. The molecule has 3 heterocycles. The number of nitrogens with one attached hydrogen (secondary N) is 4. The molecule has 1 saturated carbocycles. The fourth-order valence-electron chi connectivity index (χ4n) is 5.79. The third-order valence-corrected chi connectivity index (χ3v) is 8.31. The number of amides is 1. The number of anilines is 2. The van der Waals surface area contributed by atoms with Crippen LogP contribution in [0.1, 0.15) is 62.8 Å². The first-order valence-corrected chi connectivity index (χ1v) is 14.6. The van der Waals surface area contributed by atoms with Crippen molar-refractivity contribution in [1.82, 2.24) is 25.9 Å². The smallest absolute Gasteiger partial charge is 0.244 e. The van der Waals surface area contributed by atoms with Gasteiger partial charge in [0.25, 0.3) is 0 Å². The van der Waals surface area contributed by atoms with E-state index in [1.165, 1.54) is 6.20 Å². The van der Waals surface area contributed by atoms with Crippen LogP contribution in [0, 0.1) is 28.1 Å². The van der Waals surface area contributed by atoms with Crippen LogP contribution < -0.4 is 27.3 Å². The Morgan fingerprint density at radius 2 is 1.91 bits per heavy atom. The van der Waals surface area contributed by atoms with E-state index in [1.807, 2.05) is 42.6 Å². The van der Waals surface area contributed by atoms with E-state index in [4.69, 9.17) is 5.73 Å². The summed E-state index contributed by atoms with van der Waals surface area (Å²) >= 11 is 0. The van der Waals surface area contributed by atoms with Gasteiger partial charge in [0.2, 0.25) is 5.91 Å². The molecule has 0 radical (unpaired) electrons. The summed E-state index contributed by atoms with van der Waals surface area (Å²) in [5.74, 6) is -0.376. The maximum atomic E-state index is 12.5. The SMILES string of the molecule is CC(C)(C)CNc1c(C#N)cnc2c(C#N)cc(N[C@H](C3=CN(C4(C(N)=O)CCC4)NN3)c3cccc4ncccc34)cc12. The van der Waals surface area contributed by atoms with Crippen LogP contribution >= 0.6 is 0 Å². The van der Waals surface area contributed by atoms with Crippen LogP contribution in [0.25, 0.3) is 21.8 Å². The minimum absolute atomic E-state index is 0.0497. The fourth-order valence-corrected chi connectivity index (χ4v) is 5.79. The molecule has 1 atom stereocenters. The number of nitrogens with two attached hydrogens (primary N) is 1. The van der Waals surface area contributed by atoms with E-state index in [9.17, 15) is 15.3 Å². The third kappa shape index (κ3) is 5.08. The van der Waals surface area contributed by atoms with E-state index in [1.54, 1.807) is 17.3 Å². The Morgan fingerprint density at radius 3 is 2.59 bits per heavy atom. The maximum Gasteiger partial charge on any atom is 0.244 e. The first-order valence-electron chi connectivity index (χ1n) is 14.6. The summed E-state index contributed by atoms with van der Waals surface area (Å²) in [5, 5.41) is 30.5. The van der Waals surface area contributed by atoms with Crippen molar-refractivity contribution in [3.63, 3.8) is 0 Å². The molecule has 0 spiro atoms.